The zero-order valence-electron chi connectivity index (χ0n) is 10.0. The second kappa shape index (κ2) is 5.12. The van der Waals surface area contributed by atoms with Gasteiger partial charge in [0.05, 0.1) is 6.54 Å². The highest BCUT2D eigenvalue weighted by Crippen LogP contribution is 2.03. The molecule has 3 heteroatoms. The van der Waals surface area contributed by atoms with E-state index in [1.807, 2.05) is 37.1 Å². The summed E-state index contributed by atoms with van der Waals surface area (Å²) in [5.74, 6) is 0.789. The van der Waals surface area contributed by atoms with Crippen molar-refractivity contribution in [1.29, 1.82) is 0 Å². The van der Waals surface area contributed by atoms with Crippen LogP contribution in [0.15, 0.2) is 18.5 Å². The van der Waals surface area contributed by atoms with Crippen LogP contribution in [0.2, 0.25) is 0 Å². The van der Waals surface area contributed by atoms with Gasteiger partial charge in [-0.2, -0.15) is 0 Å². The lowest BCUT2D eigenvalue weighted by Gasteiger charge is -2.17. The first-order valence-corrected chi connectivity index (χ1v) is 5.32. The zero-order chi connectivity index (χ0) is 11.4. The number of carbonyl (C=O) groups is 1. The Bertz CT molecular complexity index is 328. The van der Waals surface area contributed by atoms with Crippen molar-refractivity contribution in [3.8, 4) is 0 Å². The van der Waals surface area contributed by atoms with Crippen molar-refractivity contribution in [3.63, 3.8) is 0 Å². The third-order valence-electron chi connectivity index (χ3n) is 2.24. The fourth-order valence-electron chi connectivity index (χ4n) is 1.69. The summed E-state index contributed by atoms with van der Waals surface area (Å²) in [6.45, 7) is 5.77. The van der Waals surface area contributed by atoms with Crippen molar-refractivity contribution < 1.29 is 4.79 Å². The average Bonchev–Trinajstić information content (AvgIpc) is 2.49. The Labute approximate surface area is 91.7 Å². The number of Topliss-reactive ketones (excluding diaryl/α,β-unsaturated/α-hetero) is 1. The van der Waals surface area contributed by atoms with Gasteiger partial charge in [0, 0.05) is 31.5 Å². The van der Waals surface area contributed by atoms with E-state index in [4.69, 9.17) is 0 Å². The van der Waals surface area contributed by atoms with Crippen LogP contribution < -0.4 is 0 Å². The monoisotopic (exact) mass is 208 g/mol. The molecule has 0 saturated heterocycles. The first-order valence-electron chi connectivity index (χ1n) is 5.32. The average molecular weight is 208 g/mol. The normalized spacial score (nSPS) is 11.3. The number of carbonyl (C=O) groups excluding carboxylic acids is 1. The Hall–Kier alpha value is -1.09. The summed E-state index contributed by atoms with van der Waals surface area (Å²) >= 11 is 0. The van der Waals surface area contributed by atoms with Crippen molar-refractivity contribution >= 4 is 5.78 Å². The molecule has 0 bridgehead atoms. The molecule has 1 heterocycles. The Balaban J connectivity index is 2.49. The van der Waals surface area contributed by atoms with Gasteiger partial charge in [0.1, 0.15) is 0 Å². The third-order valence-corrected chi connectivity index (χ3v) is 2.24. The molecular formula is C12H20N2O. The number of hydrogen-bond acceptors (Lipinski definition) is 2. The molecule has 0 fully saturated rings. The number of nitrogens with zero attached hydrogens (tertiary/aromatic N) is 2. The molecular weight excluding hydrogens is 188 g/mol. The first kappa shape index (κ1) is 12.0. The highest BCUT2D eigenvalue weighted by molar-refractivity contribution is 5.97. The molecule has 1 aromatic heterocycles. The summed E-state index contributed by atoms with van der Waals surface area (Å²) in [7, 11) is 3.91. The van der Waals surface area contributed by atoms with Gasteiger partial charge < -0.3 is 4.57 Å². The molecule has 84 valence electrons. The largest absolute Gasteiger partial charge is 0.357 e. The summed E-state index contributed by atoms with van der Waals surface area (Å²) in [6.07, 6.45) is 3.77. The minimum Gasteiger partial charge on any atom is -0.357 e. The number of likely N-dealkylation sites (N-methyl/N-ethyl adjacent to an activating group) is 1. The fraction of sp³-hybridized carbons (Fsp3) is 0.583. The van der Waals surface area contributed by atoms with Crippen LogP contribution in [0.3, 0.4) is 0 Å². The quantitative estimate of drug-likeness (QED) is 0.689. The fourth-order valence-corrected chi connectivity index (χ4v) is 1.69. The van der Waals surface area contributed by atoms with Gasteiger partial charge in [0.25, 0.3) is 0 Å². The highest BCUT2D eigenvalue weighted by atomic mass is 16.1. The van der Waals surface area contributed by atoms with E-state index in [0.29, 0.717) is 12.5 Å². The van der Waals surface area contributed by atoms with Gasteiger partial charge in [-0.25, -0.2) is 0 Å². The van der Waals surface area contributed by atoms with Crippen molar-refractivity contribution in [2.24, 2.45) is 13.0 Å². The maximum absolute atomic E-state index is 11.8. The predicted molar refractivity (Wildman–Crippen MR) is 62.1 cm³/mol. The van der Waals surface area contributed by atoms with E-state index in [0.717, 1.165) is 12.1 Å². The lowest BCUT2D eigenvalue weighted by atomic mass is 10.2. The number of ketones is 1. The SMILES string of the molecule is CC(C)CN(C)CC(=O)c1ccn(C)c1. The van der Waals surface area contributed by atoms with Crippen molar-refractivity contribution in [2.45, 2.75) is 13.8 Å². The van der Waals surface area contributed by atoms with E-state index in [1.54, 1.807) is 0 Å². The predicted octanol–water partition coefficient (Wildman–Crippen LogP) is 1.80. The van der Waals surface area contributed by atoms with E-state index in [-0.39, 0.29) is 5.78 Å². The second-order valence-corrected chi connectivity index (χ2v) is 4.58. The van der Waals surface area contributed by atoms with Gasteiger partial charge in [0.15, 0.2) is 5.78 Å². The van der Waals surface area contributed by atoms with Crippen LogP contribution in [-0.4, -0.2) is 35.4 Å². The second-order valence-electron chi connectivity index (χ2n) is 4.58. The van der Waals surface area contributed by atoms with Gasteiger partial charge in [-0.05, 0) is 19.0 Å². The number of aromatic nitrogens is 1. The molecule has 0 aliphatic carbocycles. The Kier molecular flexibility index (Phi) is 4.09. The maximum Gasteiger partial charge on any atom is 0.178 e. The summed E-state index contributed by atoms with van der Waals surface area (Å²) in [5, 5.41) is 0. The molecule has 0 radical (unpaired) electrons. The van der Waals surface area contributed by atoms with Crippen LogP contribution in [0.5, 0.6) is 0 Å². The van der Waals surface area contributed by atoms with E-state index < -0.39 is 0 Å². The van der Waals surface area contributed by atoms with Gasteiger partial charge in [0.2, 0.25) is 0 Å². The van der Waals surface area contributed by atoms with Gasteiger partial charge in [-0.1, -0.05) is 13.8 Å². The molecule has 0 atom stereocenters. The van der Waals surface area contributed by atoms with Crippen LogP contribution in [0.25, 0.3) is 0 Å². The van der Waals surface area contributed by atoms with E-state index in [9.17, 15) is 4.79 Å². The highest BCUT2D eigenvalue weighted by Gasteiger charge is 2.10. The standard InChI is InChI=1S/C12H20N2O/c1-10(2)7-14(4)9-12(15)11-5-6-13(3)8-11/h5-6,8,10H,7,9H2,1-4H3. The molecule has 0 saturated carbocycles. The van der Waals surface area contributed by atoms with Gasteiger partial charge >= 0.3 is 0 Å². The lowest BCUT2D eigenvalue weighted by molar-refractivity contribution is 0.0940. The molecule has 0 spiro atoms. The molecule has 0 aromatic carbocycles. The molecule has 1 rings (SSSR count). The van der Waals surface area contributed by atoms with Crippen molar-refractivity contribution in [1.82, 2.24) is 9.47 Å². The van der Waals surface area contributed by atoms with E-state index in [1.165, 1.54) is 0 Å². The maximum atomic E-state index is 11.8. The van der Waals surface area contributed by atoms with Crippen LogP contribution in [0.1, 0.15) is 24.2 Å². The molecule has 0 aliphatic rings. The Morgan fingerprint density at radius 1 is 1.53 bits per heavy atom. The number of rotatable bonds is 5. The number of hydrogen-bond donors (Lipinski definition) is 0. The lowest BCUT2D eigenvalue weighted by Crippen LogP contribution is -2.29. The zero-order valence-corrected chi connectivity index (χ0v) is 10.0. The van der Waals surface area contributed by atoms with Crippen LogP contribution in [-0.2, 0) is 7.05 Å². The third kappa shape index (κ3) is 3.88. The van der Waals surface area contributed by atoms with Gasteiger partial charge in [-0.15, -0.1) is 0 Å². The minimum atomic E-state index is 0.193. The van der Waals surface area contributed by atoms with Crippen LogP contribution in [0.4, 0.5) is 0 Å². The molecule has 3 nitrogen and oxygen atoms in total. The molecule has 0 N–H and O–H groups in total. The molecule has 1 aromatic rings. The first-order chi connectivity index (χ1) is 6.99. The smallest absolute Gasteiger partial charge is 0.178 e. The molecule has 0 aliphatic heterocycles. The molecule has 15 heavy (non-hydrogen) atoms. The molecule has 0 amide bonds. The van der Waals surface area contributed by atoms with Crippen LogP contribution >= 0.6 is 0 Å². The summed E-state index contributed by atoms with van der Waals surface area (Å²) < 4.78 is 1.90. The topological polar surface area (TPSA) is 25.2 Å². The van der Waals surface area contributed by atoms with E-state index >= 15 is 0 Å². The van der Waals surface area contributed by atoms with Crippen molar-refractivity contribution in [3.05, 3.63) is 24.0 Å². The Morgan fingerprint density at radius 2 is 2.20 bits per heavy atom. The van der Waals surface area contributed by atoms with Crippen molar-refractivity contribution in [2.75, 3.05) is 20.1 Å². The van der Waals surface area contributed by atoms with Gasteiger partial charge in [-0.3, -0.25) is 9.69 Å². The summed E-state index contributed by atoms with van der Waals surface area (Å²) in [5.41, 5.74) is 0.799. The van der Waals surface area contributed by atoms with Crippen LogP contribution in [0, 0.1) is 5.92 Å². The summed E-state index contributed by atoms with van der Waals surface area (Å²) in [6, 6.07) is 1.87. The number of aryl methyl sites for hydroxylation is 1. The summed E-state index contributed by atoms with van der Waals surface area (Å²) in [4.78, 5) is 13.9. The van der Waals surface area contributed by atoms with E-state index in [2.05, 4.69) is 18.7 Å². The molecule has 0 unspecified atom stereocenters. The minimum absolute atomic E-state index is 0.193. The Morgan fingerprint density at radius 3 is 2.67 bits per heavy atom.